The van der Waals surface area contributed by atoms with Crippen molar-refractivity contribution in [2.24, 2.45) is 0 Å². The maximum Gasteiger partial charge on any atom is 0.259 e. The third-order valence-corrected chi connectivity index (χ3v) is 4.53. The van der Waals surface area contributed by atoms with E-state index in [1.807, 2.05) is 30.3 Å². The molecule has 3 rings (SSSR count). The summed E-state index contributed by atoms with van der Waals surface area (Å²) in [4.78, 5) is 12.6. The van der Waals surface area contributed by atoms with E-state index in [9.17, 15) is 4.79 Å². The van der Waals surface area contributed by atoms with E-state index in [2.05, 4.69) is 21.2 Å². The lowest BCUT2D eigenvalue weighted by Gasteiger charge is -2.13. The van der Waals surface area contributed by atoms with E-state index in [0.29, 0.717) is 22.0 Å². The smallest absolute Gasteiger partial charge is 0.259 e. The van der Waals surface area contributed by atoms with Crippen molar-refractivity contribution in [2.75, 3.05) is 12.4 Å². The molecular weight excluding hydrogens is 378 g/mol. The van der Waals surface area contributed by atoms with E-state index in [-0.39, 0.29) is 5.91 Å². The van der Waals surface area contributed by atoms with Gasteiger partial charge in [-0.1, -0.05) is 35.9 Å². The van der Waals surface area contributed by atoms with Crippen LogP contribution < -0.4 is 10.1 Å². The first-order valence-corrected chi connectivity index (χ1v) is 8.09. The molecule has 3 aromatic rings. The molecule has 0 radical (unpaired) electrons. The molecule has 0 heterocycles. The lowest BCUT2D eigenvalue weighted by atomic mass is 10.1. The van der Waals surface area contributed by atoms with Crippen LogP contribution in [0.1, 0.15) is 10.4 Å². The van der Waals surface area contributed by atoms with Gasteiger partial charge in [0.2, 0.25) is 0 Å². The van der Waals surface area contributed by atoms with Crippen molar-refractivity contribution in [3.05, 3.63) is 69.7 Å². The van der Waals surface area contributed by atoms with E-state index < -0.39 is 0 Å². The Morgan fingerprint density at radius 2 is 1.83 bits per heavy atom. The highest BCUT2D eigenvalue weighted by Gasteiger charge is 2.18. The number of anilines is 1. The van der Waals surface area contributed by atoms with E-state index in [0.717, 1.165) is 15.2 Å². The van der Waals surface area contributed by atoms with Gasteiger partial charge in [-0.25, -0.2) is 0 Å². The molecule has 1 N–H and O–H groups in total. The first-order valence-electron chi connectivity index (χ1n) is 6.92. The maximum absolute atomic E-state index is 12.6. The molecule has 0 aliphatic carbocycles. The summed E-state index contributed by atoms with van der Waals surface area (Å²) in [6.07, 6.45) is 0. The second-order valence-electron chi connectivity index (χ2n) is 4.95. The summed E-state index contributed by atoms with van der Waals surface area (Å²) >= 11 is 9.39. The zero-order chi connectivity index (χ0) is 16.4. The Morgan fingerprint density at radius 1 is 1.13 bits per heavy atom. The standard InChI is InChI=1S/C18H13BrClNO2/c1-23-17-15(10-11-4-2-3-5-14(11)16(17)19)18(22)21-13-8-6-12(20)7-9-13/h2-10H,1H3,(H,21,22). The predicted molar refractivity (Wildman–Crippen MR) is 97.6 cm³/mol. The van der Waals surface area contributed by atoms with Gasteiger partial charge in [0.15, 0.2) is 0 Å². The number of hydrogen-bond donors (Lipinski definition) is 1. The van der Waals surface area contributed by atoms with Crippen molar-refractivity contribution < 1.29 is 9.53 Å². The van der Waals surface area contributed by atoms with Crippen LogP contribution in [0, 0.1) is 0 Å². The number of rotatable bonds is 3. The SMILES string of the molecule is COc1c(C(=O)Nc2ccc(Cl)cc2)cc2ccccc2c1Br. The molecule has 0 aromatic heterocycles. The molecule has 0 aliphatic rings. The summed E-state index contributed by atoms with van der Waals surface area (Å²) in [5.41, 5.74) is 1.14. The predicted octanol–water partition coefficient (Wildman–Crippen LogP) is 5.52. The van der Waals surface area contributed by atoms with E-state index in [1.165, 1.54) is 0 Å². The van der Waals surface area contributed by atoms with Crippen LogP contribution in [0.5, 0.6) is 5.75 Å². The molecule has 0 spiro atoms. The summed E-state index contributed by atoms with van der Waals surface area (Å²) in [5, 5.41) is 5.43. The molecule has 0 unspecified atom stereocenters. The van der Waals surface area contributed by atoms with Crippen molar-refractivity contribution in [1.29, 1.82) is 0 Å². The molecule has 0 fully saturated rings. The van der Waals surface area contributed by atoms with Crippen LogP contribution in [0.15, 0.2) is 59.1 Å². The number of halogens is 2. The Bertz CT molecular complexity index is 878. The van der Waals surface area contributed by atoms with Crippen molar-refractivity contribution in [2.45, 2.75) is 0 Å². The fourth-order valence-corrected chi connectivity index (χ4v) is 3.25. The van der Waals surface area contributed by atoms with Crippen molar-refractivity contribution in [3.8, 4) is 5.75 Å². The fraction of sp³-hybridized carbons (Fsp3) is 0.0556. The second kappa shape index (κ2) is 6.60. The van der Waals surface area contributed by atoms with Gasteiger partial charge >= 0.3 is 0 Å². The van der Waals surface area contributed by atoms with E-state index in [4.69, 9.17) is 16.3 Å². The Hall–Kier alpha value is -2.04. The van der Waals surface area contributed by atoms with Crippen LogP contribution in [0.3, 0.4) is 0 Å². The number of benzene rings is 3. The van der Waals surface area contributed by atoms with Crippen LogP contribution in [0.2, 0.25) is 5.02 Å². The van der Waals surface area contributed by atoms with Crippen LogP contribution in [0.25, 0.3) is 10.8 Å². The van der Waals surface area contributed by atoms with E-state index >= 15 is 0 Å². The Morgan fingerprint density at radius 3 is 2.52 bits per heavy atom. The van der Waals surface area contributed by atoms with Gasteiger partial charge in [0.25, 0.3) is 5.91 Å². The first kappa shape index (κ1) is 15.8. The molecule has 1 amide bonds. The summed E-state index contributed by atoms with van der Waals surface area (Å²) < 4.78 is 6.20. The fourth-order valence-electron chi connectivity index (χ4n) is 2.38. The third-order valence-electron chi connectivity index (χ3n) is 3.49. The average molecular weight is 391 g/mol. The largest absolute Gasteiger partial charge is 0.495 e. The van der Waals surface area contributed by atoms with Crippen molar-refractivity contribution in [1.82, 2.24) is 0 Å². The molecule has 0 bridgehead atoms. The summed E-state index contributed by atoms with van der Waals surface area (Å²) in [6, 6.07) is 16.6. The van der Waals surface area contributed by atoms with Crippen molar-refractivity contribution in [3.63, 3.8) is 0 Å². The number of fused-ring (bicyclic) bond motifs is 1. The Labute approximate surface area is 147 Å². The number of amides is 1. The number of ether oxygens (including phenoxy) is 1. The van der Waals surface area contributed by atoms with E-state index in [1.54, 1.807) is 31.4 Å². The second-order valence-corrected chi connectivity index (χ2v) is 6.18. The van der Waals surface area contributed by atoms with Gasteiger partial charge in [0.05, 0.1) is 17.1 Å². The minimum atomic E-state index is -0.240. The summed E-state index contributed by atoms with van der Waals surface area (Å²) in [5.74, 6) is 0.269. The normalized spacial score (nSPS) is 10.6. The molecule has 116 valence electrons. The molecule has 5 heteroatoms. The molecule has 0 saturated carbocycles. The van der Waals surface area contributed by atoms with Crippen LogP contribution in [-0.2, 0) is 0 Å². The zero-order valence-corrected chi connectivity index (χ0v) is 14.6. The summed E-state index contributed by atoms with van der Waals surface area (Å²) in [6.45, 7) is 0. The van der Waals surface area contributed by atoms with Gasteiger partial charge in [0, 0.05) is 10.7 Å². The Balaban J connectivity index is 2.04. The molecule has 3 nitrogen and oxygen atoms in total. The van der Waals surface area contributed by atoms with Gasteiger partial charge in [-0.05, 0) is 57.0 Å². The number of methoxy groups -OCH3 is 1. The average Bonchev–Trinajstić information content (AvgIpc) is 2.57. The minimum absolute atomic E-state index is 0.240. The molecule has 0 aliphatic heterocycles. The lowest BCUT2D eigenvalue weighted by molar-refractivity contribution is 0.102. The molecule has 0 saturated heterocycles. The third kappa shape index (κ3) is 3.19. The quantitative estimate of drug-likeness (QED) is 0.640. The van der Waals surface area contributed by atoms with Gasteiger partial charge < -0.3 is 10.1 Å². The summed E-state index contributed by atoms with van der Waals surface area (Å²) in [7, 11) is 1.55. The lowest BCUT2D eigenvalue weighted by Crippen LogP contribution is -2.13. The zero-order valence-electron chi connectivity index (χ0n) is 12.3. The van der Waals surface area contributed by atoms with Crippen LogP contribution >= 0.6 is 27.5 Å². The Kier molecular flexibility index (Phi) is 4.55. The molecule has 0 atom stereocenters. The molecule has 23 heavy (non-hydrogen) atoms. The maximum atomic E-state index is 12.6. The highest BCUT2D eigenvalue weighted by molar-refractivity contribution is 9.10. The highest BCUT2D eigenvalue weighted by Crippen LogP contribution is 2.36. The molecule has 3 aromatic carbocycles. The number of carbonyl (C=O) groups is 1. The van der Waals surface area contributed by atoms with Crippen molar-refractivity contribution >= 4 is 49.9 Å². The monoisotopic (exact) mass is 389 g/mol. The minimum Gasteiger partial charge on any atom is -0.495 e. The van der Waals surface area contributed by atoms with Crippen LogP contribution in [0.4, 0.5) is 5.69 Å². The van der Waals surface area contributed by atoms with Gasteiger partial charge in [0.1, 0.15) is 5.75 Å². The van der Waals surface area contributed by atoms with Gasteiger partial charge in [-0.3, -0.25) is 4.79 Å². The van der Waals surface area contributed by atoms with Gasteiger partial charge in [-0.2, -0.15) is 0 Å². The highest BCUT2D eigenvalue weighted by atomic mass is 79.9. The number of nitrogens with one attached hydrogen (secondary N) is 1. The van der Waals surface area contributed by atoms with Gasteiger partial charge in [-0.15, -0.1) is 0 Å². The first-order chi connectivity index (χ1) is 11.1. The number of carbonyl (C=O) groups excluding carboxylic acids is 1. The molecular formula is C18H13BrClNO2. The van der Waals surface area contributed by atoms with Crippen LogP contribution in [-0.4, -0.2) is 13.0 Å². The number of hydrogen-bond acceptors (Lipinski definition) is 2. The topological polar surface area (TPSA) is 38.3 Å².